The largest absolute Gasteiger partial charge is 0.408 e. The van der Waals surface area contributed by atoms with Crippen LogP contribution in [0.15, 0.2) is 17.3 Å². The predicted octanol–water partition coefficient (Wildman–Crippen LogP) is 0.507. The van der Waals surface area contributed by atoms with E-state index in [4.69, 9.17) is 0 Å². The molecular formula is C9H14ClF3N4O2S. The molecule has 2 N–H and O–H groups in total. The van der Waals surface area contributed by atoms with Crippen molar-refractivity contribution < 1.29 is 21.6 Å². The Morgan fingerprint density at radius 3 is 2.75 bits per heavy atom. The van der Waals surface area contributed by atoms with Crippen LogP contribution in [0.25, 0.3) is 0 Å². The standard InChI is InChI=1S/C9H13F3N4O2S.ClH/c10-9(11,12)6-16-5-8(4-14-16)19(17,18)15-7-1-2-13-3-7;/h4-5,7,13,15H,1-3,6H2;1H. The SMILES string of the molecule is Cl.O=S(=O)(NC1CCNC1)c1cnn(CC(F)(F)F)c1. The van der Waals surface area contributed by atoms with Crippen molar-refractivity contribution >= 4 is 22.4 Å². The van der Waals surface area contributed by atoms with Crippen molar-refractivity contribution in [3.8, 4) is 0 Å². The van der Waals surface area contributed by atoms with Crippen LogP contribution < -0.4 is 10.0 Å². The summed E-state index contributed by atoms with van der Waals surface area (Å²) in [6.45, 7) is -0.0933. The van der Waals surface area contributed by atoms with E-state index in [9.17, 15) is 21.6 Å². The first kappa shape index (κ1) is 17.2. The second-order valence-electron chi connectivity index (χ2n) is 4.30. The molecule has 20 heavy (non-hydrogen) atoms. The van der Waals surface area contributed by atoms with Gasteiger partial charge < -0.3 is 5.32 Å². The summed E-state index contributed by atoms with van der Waals surface area (Å²) in [6, 6.07) is -0.240. The van der Waals surface area contributed by atoms with E-state index < -0.39 is 22.7 Å². The molecule has 2 heterocycles. The van der Waals surface area contributed by atoms with E-state index in [1.54, 1.807) is 0 Å². The molecule has 0 radical (unpaired) electrons. The predicted molar refractivity (Wildman–Crippen MR) is 67.1 cm³/mol. The Bertz CT molecular complexity index is 540. The summed E-state index contributed by atoms with van der Waals surface area (Å²) >= 11 is 0. The third kappa shape index (κ3) is 4.62. The molecule has 0 saturated carbocycles. The van der Waals surface area contributed by atoms with Crippen LogP contribution in [0.5, 0.6) is 0 Å². The number of alkyl halides is 3. The van der Waals surface area contributed by atoms with Crippen LogP contribution in [0, 0.1) is 0 Å². The molecule has 6 nitrogen and oxygen atoms in total. The van der Waals surface area contributed by atoms with Gasteiger partial charge in [-0.05, 0) is 13.0 Å². The normalized spacial score (nSPS) is 19.9. The maximum atomic E-state index is 12.1. The summed E-state index contributed by atoms with van der Waals surface area (Å²) in [6.07, 6.45) is -2.00. The zero-order valence-corrected chi connectivity index (χ0v) is 11.9. The molecule has 1 fully saturated rings. The van der Waals surface area contributed by atoms with Gasteiger partial charge in [-0.15, -0.1) is 12.4 Å². The summed E-state index contributed by atoms with van der Waals surface area (Å²) in [7, 11) is -3.82. The summed E-state index contributed by atoms with van der Waals surface area (Å²) in [5.74, 6) is 0. The molecule has 1 aromatic heterocycles. The lowest BCUT2D eigenvalue weighted by molar-refractivity contribution is -0.142. The van der Waals surface area contributed by atoms with Gasteiger partial charge >= 0.3 is 6.18 Å². The van der Waals surface area contributed by atoms with E-state index in [0.717, 1.165) is 12.4 Å². The van der Waals surface area contributed by atoms with Gasteiger partial charge in [0.15, 0.2) is 0 Å². The van der Waals surface area contributed by atoms with Crippen molar-refractivity contribution in [3.63, 3.8) is 0 Å². The van der Waals surface area contributed by atoms with Crippen molar-refractivity contribution in [2.45, 2.75) is 30.1 Å². The smallest absolute Gasteiger partial charge is 0.315 e. The van der Waals surface area contributed by atoms with E-state index in [-0.39, 0.29) is 23.3 Å². The van der Waals surface area contributed by atoms with Gasteiger partial charge in [0.25, 0.3) is 0 Å². The highest BCUT2D eigenvalue weighted by molar-refractivity contribution is 7.89. The van der Waals surface area contributed by atoms with Crippen molar-refractivity contribution in [1.82, 2.24) is 19.8 Å². The highest BCUT2D eigenvalue weighted by Gasteiger charge is 2.30. The van der Waals surface area contributed by atoms with Crippen LogP contribution in [0.2, 0.25) is 0 Å². The van der Waals surface area contributed by atoms with Gasteiger partial charge in [-0.1, -0.05) is 0 Å². The molecule has 1 aliphatic rings. The second kappa shape index (κ2) is 6.29. The van der Waals surface area contributed by atoms with Gasteiger partial charge in [-0.3, -0.25) is 4.68 Å². The summed E-state index contributed by atoms with van der Waals surface area (Å²) in [5.41, 5.74) is 0. The zero-order valence-electron chi connectivity index (χ0n) is 10.2. The minimum absolute atomic E-state index is 0. The number of sulfonamides is 1. The van der Waals surface area contributed by atoms with Crippen LogP contribution in [0.1, 0.15) is 6.42 Å². The first-order chi connectivity index (χ1) is 8.76. The van der Waals surface area contributed by atoms with E-state index in [2.05, 4.69) is 15.1 Å². The lowest BCUT2D eigenvalue weighted by atomic mass is 10.3. The lowest BCUT2D eigenvalue weighted by Gasteiger charge is -2.10. The Hall–Kier alpha value is -0.840. The maximum absolute atomic E-state index is 12.1. The molecule has 0 spiro atoms. The van der Waals surface area contributed by atoms with Crippen molar-refractivity contribution in [1.29, 1.82) is 0 Å². The molecule has 1 aromatic rings. The monoisotopic (exact) mass is 334 g/mol. The summed E-state index contributed by atoms with van der Waals surface area (Å²) < 4.78 is 63.2. The number of halogens is 4. The van der Waals surface area contributed by atoms with Crippen LogP contribution >= 0.6 is 12.4 Å². The van der Waals surface area contributed by atoms with E-state index in [1.165, 1.54) is 0 Å². The van der Waals surface area contributed by atoms with Gasteiger partial charge in [-0.25, -0.2) is 13.1 Å². The molecule has 0 aliphatic carbocycles. The highest BCUT2D eigenvalue weighted by atomic mass is 35.5. The molecule has 0 aromatic carbocycles. The molecular weight excluding hydrogens is 321 g/mol. The van der Waals surface area contributed by atoms with Crippen molar-refractivity contribution in [2.24, 2.45) is 0 Å². The van der Waals surface area contributed by atoms with Crippen LogP contribution in [-0.2, 0) is 16.6 Å². The highest BCUT2D eigenvalue weighted by Crippen LogP contribution is 2.18. The maximum Gasteiger partial charge on any atom is 0.408 e. The fourth-order valence-electron chi connectivity index (χ4n) is 1.80. The molecule has 1 unspecified atom stereocenters. The molecule has 1 atom stereocenters. The molecule has 11 heteroatoms. The third-order valence-electron chi connectivity index (χ3n) is 2.64. The van der Waals surface area contributed by atoms with Gasteiger partial charge in [0, 0.05) is 18.8 Å². The summed E-state index contributed by atoms with van der Waals surface area (Å²) in [5, 5.41) is 6.39. The van der Waals surface area contributed by atoms with Gasteiger partial charge in [0.05, 0.1) is 6.20 Å². The van der Waals surface area contributed by atoms with Crippen LogP contribution in [-0.4, -0.2) is 43.5 Å². The number of aromatic nitrogens is 2. The number of nitrogens with one attached hydrogen (secondary N) is 2. The quantitative estimate of drug-likeness (QED) is 0.841. The Morgan fingerprint density at radius 1 is 1.50 bits per heavy atom. The van der Waals surface area contributed by atoms with E-state index in [1.807, 2.05) is 0 Å². The van der Waals surface area contributed by atoms with E-state index >= 15 is 0 Å². The van der Waals surface area contributed by atoms with Crippen LogP contribution in [0.3, 0.4) is 0 Å². The van der Waals surface area contributed by atoms with Gasteiger partial charge in [-0.2, -0.15) is 18.3 Å². The number of hydrogen-bond donors (Lipinski definition) is 2. The first-order valence-corrected chi connectivity index (χ1v) is 7.07. The van der Waals surface area contributed by atoms with Crippen LogP contribution in [0.4, 0.5) is 13.2 Å². The number of nitrogens with zero attached hydrogens (tertiary/aromatic N) is 2. The molecule has 116 valence electrons. The van der Waals surface area contributed by atoms with Crippen molar-refractivity contribution in [3.05, 3.63) is 12.4 Å². The molecule has 2 rings (SSSR count). The minimum Gasteiger partial charge on any atom is -0.315 e. The molecule has 1 aliphatic heterocycles. The summed E-state index contributed by atoms with van der Waals surface area (Å²) in [4.78, 5) is -0.261. The Labute approximate surface area is 120 Å². The van der Waals surface area contributed by atoms with Gasteiger partial charge in [0.1, 0.15) is 11.4 Å². The average molecular weight is 335 g/mol. The minimum atomic E-state index is -4.43. The van der Waals surface area contributed by atoms with E-state index in [0.29, 0.717) is 24.2 Å². The Morgan fingerprint density at radius 2 is 2.20 bits per heavy atom. The fraction of sp³-hybridized carbons (Fsp3) is 0.667. The first-order valence-electron chi connectivity index (χ1n) is 5.58. The number of hydrogen-bond acceptors (Lipinski definition) is 4. The molecule has 1 saturated heterocycles. The van der Waals surface area contributed by atoms with Crippen molar-refractivity contribution in [2.75, 3.05) is 13.1 Å². The zero-order chi connectivity index (χ0) is 14.1. The average Bonchev–Trinajstić information content (AvgIpc) is 2.86. The Balaban J connectivity index is 0.00000200. The number of rotatable bonds is 4. The lowest BCUT2D eigenvalue weighted by Crippen LogP contribution is -2.36. The topological polar surface area (TPSA) is 76.0 Å². The van der Waals surface area contributed by atoms with Gasteiger partial charge in [0.2, 0.25) is 10.0 Å². The fourth-order valence-corrected chi connectivity index (χ4v) is 3.02. The second-order valence-corrected chi connectivity index (χ2v) is 6.01. The Kier molecular flexibility index (Phi) is 5.41. The third-order valence-corrected chi connectivity index (χ3v) is 4.12. The molecule has 0 bridgehead atoms. The molecule has 0 amide bonds.